The highest BCUT2D eigenvalue weighted by atomic mass is 16.3. The van der Waals surface area contributed by atoms with Crippen LogP contribution in [0.15, 0.2) is 18.2 Å². The van der Waals surface area contributed by atoms with E-state index in [1.54, 1.807) is 6.07 Å². The van der Waals surface area contributed by atoms with E-state index in [1.165, 1.54) is 0 Å². The van der Waals surface area contributed by atoms with E-state index < -0.39 is 0 Å². The van der Waals surface area contributed by atoms with Crippen LogP contribution in [0.5, 0.6) is 0 Å². The minimum atomic E-state index is -0.0180. The Morgan fingerprint density at radius 2 is 2.29 bits per heavy atom. The molecule has 0 saturated carbocycles. The molecule has 1 unspecified atom stereocenters. The van der Waals surface area contributed by atoms with Crippen LogP contribution in [0.4, 0.5) is 5.69 Å². The lowest BCUT2D eigenvalue weighted by molar-refractivity contribution is -0.115. The van der Waals surface area contributed by atoms with E-state index in [0.29, 0.717) is 24.4 Å². The predicted molar refractivity (Wildman–Crippen MR) is 79.1 cm³/mol. The number of carbonyl (C=O) groups is 2. The summed E-state index contributed by atoms with van der Waals surface area (Å²) in [6.45, 7) is 1.67. The number of hydrogen-bond acceptors (Lipinski definition) is 3. The zero-order valence-electron chi connectivity index (χ0n) is 12.0. The number of rotatable bonds is 3. The Balaban J connectivity index is 1.73. The van der Waals surface area contributed by atoms with Crippen LogP contribution in [0, 0.1) is 5.92 Å². The van der Waals surface area contributed by atoms with Crippen molar-refractivity contribution in [3.63, 3.8) is 0 Å². The number of fused-ring (bicyclic) bond motifs is 1. The van der Waals surface area contributed by atoms with Gasteiger partial charge in [0.05, 0.1) is 6.42 Å². The number of amides is 2. The zero-order chi connectivity index (χ0) is 14.8. The number of nitrogens with zero attached hydrogens (tertiary/aromatic N) is 1. The first-order valence-corrected chi connectivity index (χ1v) is 7.50. The van der Waals surface area contributed by atoms with E-state index >= 15 is 0 Å². The molecule has 21 heavy (non-hydrogen) atoms. The molecule has 1 aromatic carbocycles. The molecule has 2 aliphatic heterocycles. The lowest BCUT2D eigenvalue weighted by Gasteiger charge is -2.32. The third-order valence-corrected chi connectivity index (χ3v) is 4.32. The van der Waals surface area contributed by atoms with Gasteiger partial charge in [-0.05, 0) is 48.9 Å². The third kappa shape index (κ3) is 2.93. The molecule has 1 saturated heterocycles. The normalized spacial score (nSPS) is 21.1. The lowest BCUT2D eigenvalue weighted by atomic mass is 9.94. The van der Waals surface area contributed by atoms with E-state index in [4.69, 9.17) is 5.11 Å². The maximum absolute atomic E-state index is 12.6. The molecule has 2 heterocycles. The second-order valence-corrected chi connectivity index (χ2v) is 5.87. The first-order valence-electron chi connectivity index (χ1n) is 7.50. The van der Waals surface area contributed by atoms with Crippen LogP contribution >= 0.6 is 0 Å². The number of hydrogen-bond donors (Lipinski definition) is 2. The number of benzene rings is 1. The monoisotopic (exact) mass is 288 g/mol. The number of nitrogens with one attached hydrogen (secondary N) is 1. The number of carbonyl (C=O) groups excluding carboxylic acids is 2. The van der Waals surface area contributed by atoms with Gasteiger partial charge in [0.25, 0.3) is 5.91 Å². The molecule has 0 radical (unpaired) electrons. The van der Waals surface area contributed by atoms with Crippen molar-refractivity contribution in [2.24, 2.45) is 5.92 Å². The first kappa shape index (κ1) is 14.1. The number of likely N-dealkylation sites (tertiary alicyclic amines) is 1. The Hall–Kier alpha value is -1.88. The van der Waals surface area contributed by atoms with Gasteiger partial charge >= 0.3 is 0 Å². The van der Waals surface area contributed by atoms with E-state index in [0.717, 1.165) is 37.1 Å². The molecule has 3 rings (SSSR count). The quantitative estimate of drug-likeness (QED) is 0.883. The van der Waals surface area contributed by atoms with Crippen LogP contribution in [-0.2, 0) is 11.2 Å². The minimum Gasteiger partial charge on any atom is -0.396 e. The van der Waals surface area contributed by atoms with E-state index in [9.17, 15) is 9.59 Å². The molecule has 2 aliphatic rings. The molecule has 5 heteroatoms. The Bertz CT molecular complexity index is 569. The molecule has 0 spiro atoms. The largest absolute Gasteiger partial charge is 0.396 e. The number of aliphatic hydroxyl groups is 1. The fourth-order valence-corrected chi connectivity index (χ4v) is 3.21. The molecular formula is C16H20N2O3. The highest BCUT2D eigenvalue weighted by Crippen LogP contribution is 2.26. The third-order valence-electron chi connectivity index (χ3n) is 4.32. The van der Waals surface area contributed by atoms with Crippen LogP contribution in [0.1, 0.15) is 35.2 Å². The van der Waals surface area contributed by atoms with Crippen molar-refractivity contribution in [2.45, 2.75) is 25.7 Å². The van der Waals surface area contributed by atoms with Gasteiger partial charge in [-0.1, -0.05) is 0 Å². The average molecular weight is 288 g/mol. The van der Waals surface area contributed by atoms with Gasteiger partial charge in [-0.15, -0.1) is 0 Å². The summed E-state index contributed by atoms with van der Waals surface area (Å²) in [5.74, 6) is 0.403. The topological polar surface area (TPSA) is 69.6 Å². The van der Waals surface area contributed by atoms with Gasteiger partial charge in [0, 0.05) is 30.9 Å². The Morgan fingerprint density at radius 3 is 3.10 bits per heavy atom. The molecule has 1 fully saturated rings. The highest BCUT2D eigenvalue weighted by Gasteiger charge is 2.25. The van der Waals surface area contributed by atoms with Gasteiger partial charge in [-0.25, -0.2) is 0 Å². The molecule has 2 amide bonds. The summed E-state index contributed by atoms with van der Waals surface area (Å²) in [7, 11) is 0. The summed E-state index contributed by atoms with van der Waals surface area (Å²) < 4.78 is 0. The van der Waals surface area contributed by atoms with Crippen molar-refractivity contribution in [1.29, 1.82) is 0 Å². The van der Waals surface area contributed by atoms with Gasteiger partial charge in [-0.2, -0.15) is 0 Å². The molecule has 0 bridgehead atoms. The fourth-order valence-electron chi connectivity index (χ4n) is 3.21. The minimum absolute atomic E-state index is 0.0180. The predicted octanol–water partition coefficient (Wildman–Crippen LogP) is 1.42. The van der Waals surface area contributed by atoms with Crippen molar-refractivity contribution in [2.75, 3.05) is 25.0 Å². The molecule has 0 aromatic heterocycles. The van der Waals surface area contributed by atoms with Crippen LogP contribution in [0.25, 0.3) is 0 Å². The van der Waals surface area contributed by atoms with Crippen molar-refractivity contribution in [3.8, 4) is 0 Å². The molecule has 1 aromatic rings. The fraction of sp³-hybridized carbons (Fsp3) is 0.500. The van der Waals surface area contributed by atoms with Crippen LogP contribution in [0.2, 0.25) is 0 Å². The second kappa shape index (κ2) is 5.85. The van der Waals surface area contributed by atoms with Crippen molar-refractivity contribution in [3.05, 3.63) is 29.3 Å². The standard InChI is InChI=1S/C16H20N2O3/c19-7-5-11-2-1-6-18(10-11)16(21)12-3-4-14-13(8-12)9-15(20)17-14/h3-4,8,11,19H,1-2,5-7,9-10H2,(H,17,20). The van der Waals surface area contributed by atoms with Crippen LogP contribution in [0.3, 0.4) is 0 Å². The van der Waals surface area contributed by atoms with E-state index in [1.807, 2.05) is 17.0 Å². The van der Waals surface area contributed by atoms with Gasteiger partial charge in [0.1, 0.15) is 0 Å². The van der Waals surface area contributed by atoms with Gasteiger partial charge < -0.3 is 15.3 Å². The Labute approximate surface area is 123 Å². The lowest BCUT2D eigenvalue weighted by Crippen LogP contribution is -2.40. The number of anilines is 1. The number of aliphatic hydroxyl groups excluding tert-OH is 1. The molecule has 5 nitrogen and oxygen atoms in total. The average Bonchev–Trinajstić information content (AvgIpc) is 2.86. The van der Waals surface area contributed by atoms with Gasteiger partial charge in [0.15, 0.2) is 0 Å². The van der Waals surface area contributed by atoms with Crippen molar-refractivity contribution >= 4 is 17.5 Å². The van der Waals surface area contributed by atoms with Crippen molar-refractivity contribution < 1.29 is 14.7 Å². The van der Waals surface area contributed by atoms with Crippen LogP contribution < -0.4 is 5.32 Å². The van der Waals surface area contributed by atoms with E-state index in [-0.39, 0.29) is 18.4 Å². The van der Waals surface area contributed by atoms with Gasteiger partial charge in [0.2, 0.25) is 5.91 Å². The Morgan fingerprint density at radius 1 is 1.43 bits per heavy atom. The summed E-state index contributed by atoms with van der Waals surface area (Å²) in [5.41, 5.74) is 2.36. The second-order valence-electron chi connectivity index (χ2n) is 5.87. The van der Waals surface area contributed by atoms with Crippen LogP contribution in [-0.4, -0.2) is 41.5 Å². The highest BCUT2D eigenvalue weighted by molar-refractivity contribution is 6.01. The molecule has 2 N–H and O–H groups in total. The van der Waals surface area contributed by atoms with Crippen molar-refractivity contribution in [1.82, 2.24) is 4.90 Å². The SMILES string of the molecule is O=C1Cc2cc(C(=O)N3CCCC(CCO)C3)ccc2N1. The maximum Gasteiger partial charge on any atom is 0.253 e. The molecule has 112 valence electrons. The number of piperidine rings is 1. The summed E-state index contributed by atoms with van der Waals surface area (Å²) in [6, 6.07) is 5.41. The summed E-state index contributed by atoms with van der Waals surface area (Å²) in [4.78, 5) is 25.8. The maximum atomic E-state index is 12.6. The molecule has 1 atom stereocenters. The van der Waals surface area contributed by atoms with E-state index in [2.05, 4.69) is 5.32 Å². The smallest absolute Gasteiger partial charge is 0.253 e. The molecular weight excluding hydrogens is 268 g/mol. The Kier molecular flexibility index (Phi) is 3.92. The summed E-state index contributed by atoms with van der Waals surface area (Å²) in [5, 5.41) is 11.8. The summed E-state index contributed by atoms with van der Waals surface area (Å²) >= 11 is 0. The zero-order valence-corrected chi connectivity index (χ0v) is 12.0. The summed E-state index contributed by atoms with van der Waals surface area (Å²) in [6.07, 6.45) is 3.17. The molecule has 0 aliphatic carbocycles. The first-order chi connectivity index (χ1) is 10.2. The van der Waals surface area contributed by atoms with Gasteiger partial charge in [-0.3, -0.25) is 9.59 Å².